The molecule has 0 radical (unpaired) electrons. The molecule has 0 spiro atoms. The molecule has 0 saturated heterocycles. The average Bonchev–Trinajstić information content (AvgIpc) is 2.87. The highest BCUT2D eigenvalue weighted by atomic mass is 16.5. The molecule has 1 atom stereocenters. The smallest absolute Gasteiger partial charge is 0.172 e. The quantitative estimate of drug-likeness (QED) is 0.929. The van der Waals surface area contributed by atoms with Crippen molar-refractivity contribution in [2.45, 2.75) is 33.3 Å². The standard InChI is InChI=1S/C16H19N3O/c1-4-17-15-10(2)11(3)18-16(19-15)14-9-12-7-5-6-8-13(12)20-14/h5-8,14H,4,9H2,1-3H3,(H,17,18,19). The fourth-order valence-electron chi connectivity index (χ4n) is 2.46. The number of anilines is 1. The van der Waals surface area contributed by atoms with Crippen LogP contribution >= 0.6 is 0 Å². The van der Waals surface area contributed by atoms with Gasteiger partial charge in [-0.15, -0.1) is 0 Å². The monoisotopic (exact) mass is 269 g/mol. The van der Waals surface area contributed by atoms with Crippen molar-refractivity contribution >= 4 is 5.82 Å². The van der Waals surface area contributed by atoms with Gasteiger partial charge in [-0.25, -0.2) is 9.97 Å². The summed E-state index contributed by atoms with van der Waals surface area (Å²) < 4.78 is 5.97. The summed E-state index contributed by atoms with van der Waals surface area (Å²) >= 11 is 0. The largest absolute Gasteiger partial charge is 0.482 e. The highest BCUT2D eigenvalue weighted by Crippen LogP contribution is 2.35. The Morgan fingerprint density at radius 3 is 2.80 bits per heavy atom. The van der Waals surface area contributed by atoms with Crippen molar-refractivity contribution in [1.29, 1.82) is 0 Å². The lowest BCUT2D eigenvalue weighted by Crippen LogP contribution is -2.13. The third-order valence-electron chi connectivity index (χ3n) is 3.69. The molecule has 1 aromatic heterocycles. The summed E-state index contributed by atoms with van der Waals surface area (Å²) in [6.07, 6.45) is 0.758. The van der Waals surface area contributed by atoms with Gasteiger partial charge >= 0.3 is 0 Å². The first-order valence-electron chi connectivity index (χ1n) is 7.02. The van der Waals surface area contributed by atoms with Crippen LogP contribution in [0.1, 0.15) is 35.7 Å². The Morgan fingerprint density at radius 2 is 2.05 bits per heavy atom. The number of nitrogens with one attached hydrogen (secondary N) is 1. The second-order valence-corrected chi connectivity index (χ2v) is 5.09. The molecule has 0 aliphatic carbocycles. The van der Waals surface area contributed by atoms with Crippen LogP contribution in [0.5, 0.6) is 5.75 Å². The zero-order valence-corrected chi connectivity index (χ0v) is 12.1. The summed E-state index contributed by atoms with van der Waals surface area (Å²) in [4.78, 5) is 9.25. The highest BCUT2D eigenvalue weighted by molar-refractivity contribution is 5.46. The van der Waals surface area contributed by atoms with E-state index in [0.717, 1.165) is 41.6 Å². The van der Waals surface area contributed by atoms with E-state index in [1.54, 1.807) is 0 Å². The van der Waals surface area contributed by atoms with Crippen molar-refractivity contribution in [3.8, 4) is 5.75 Å². The topological polar surface area (TPSA) is 47.0 Å². The molecule has 2 heterocycles. The Morgan fingerprint density at radius 1 is 1.25 bits per heavy atom. The highest BCUT2D eigenvalue weighted by Gasteiger charge is 2.27. The Hall–Kier alpha value is -2.10. The Bertz CT molecular complexity index is 615. The first-order valence-corrected chi connectivity index (χ1v) is 7.02. The zero-order chi connectivity index (χ0) is 14.1. The van der Waals surface area contributed by atoms with Crippen LogP contribution in [0.2, 0.25) is 0 Å². The number of aryl methyl sites for hydroxylation is 1. The van der Waals surface area contributed by atoms with Gasteiger partial charge in [0.1, 0.15) is 11.6 Å². The summed E-state index contributed by atoms with van der Waals surface area (Å²) in [6, 6.07) is 8.13. The number of hydrogen-bond donors (Lipinski definition) is 1. The molecule has 0 bridgehead atoms. The molecule has 1 aliphatic heterocycles. The molecule has 4 nitrogen and oxygen atoms in total. The van der Waals surface area contributed by atoms with E-state index in [2.05, 4.69) is 28.3 Å². The number of rotatable bonds is 3. The second kappa shape index (κ2) is 5.12. The normalized spacial score (nSPS) is 16.6. The number of benzene rings is 1. The molecule has 4 heteroatoms. The van der Waals surface area contributed by atoms with Crippen LogP contribution in [-0.2, 0) is 6.42 Å². The zero-order valence-electron chi connectivity index (χ0n) is 12.1. The number of hydrogen-bond acceptors (Lipinski definition) is 4. The molecule has 1 aromatic carbocycles. The second-order valence-electron chi connectivity index (χ2n) is 5.09. The van der Waals surface area contributed by atoms with Gasteiger partial charge in [-0.05, 0) is 32.4 Å². The third kappa shape index (κ3) is 2.22. The minimum atomic E-state index is -0.0795. The van der Waals surface area contributed by atoms with Gasteiger partial charge in [-0.1, -0.05) is 18.2 Å². The van der Waals surface area contributed by atoms with Crippen molar-refractivity contribution in [1.82, 2.24) is 9.97 Å². The molecule has 0 saturated carbocycles. The number of nitrogens with zero attached hydrogens (tertiary/aromatic N) is 2. The number of para-hydroxylation sites is 1. The maximum atomic E-state index is 5.97. The van der Waals surface area contributed by atoms with Crippen LogP contribution in [0.25, 0.3) is 0 Å². The fourth-order valence-corrected chi connectivity index (χ4v) is 2.46. The molecule has 0 amide bonds. The number of aromatic nitrogens is 2. The van der Waals surface area contributed by atoms with Gasteiger partial charge in [0.05, 0.1) is 0 Å². The van der Waals surface area contributed by atoms with Crippen LogP contribution in [0.15, 0.2) is 24.3 Å². The summed E-state index contributed by atoms with van der Waals surface area (Å²) in [5.74, 6) is 2.62. The molecule has 0 fully saturated rings. The predicted octanol–water partition coefficient (Wildman–Crippen LogP) is 3.20. The number of ether oxygens (including phenoxy) is 1. The fraction of sp³-hybridized carbons (Fsp3) is 0.375. The first-order chi connectivity index (χ1) is 9.69. The molecule has 1 unspecified atom stereocenters. The van der Waals surface area contributed by atoms with Crippen LogP contribution < -0.4 is 10.1 Å². The van der Waals surface area contributed by atoms with Crippen LogP contribution in [0, 0.1) is 13.8 Å². The maximum absolute atomic E-state index is 5.97. The van der Waals surface area contributed by atoms with Crippen molar-refractivity contribution in [3.63, 3.8) is 0 Å². The molecular formula is C16H19N3O. The van der Waals surface area contributed by atoms with E-state index in [1.165, 1.54) is 5.56 Å². The average molecular weight is 269 g/mol. The van der Waals surface area contributed by atoms with E-state index < -0.39 is 0 Å². The molecule has 1 N–H and O–H groups in total. The first kappa shape index (κ1) is 12.9. The third-order valence-corrected chi connectivity index (χ3v) is 3.69. The molecule has 2 aromatic rings. The van der Waals surface area contributed by atoms with Crippen molar-refractivity contribution < 1.29 is 4.74 Å². The molecule has 3 rings (SSSR count). The lowest BCUT2D eigenvalue weighted by molar-refractivity contribution is 0.227. The van der Waals surface area contributed by atoms with E-state index in [9.17, 15) is 0 Å². The molecule has 104 valence electrons. The van der Waals surface area contributed by atoms with Crippen LogP contribution in [-0.4, -0.2) is 16.5 Å². The van der Waals surface area contributed by atoms with Crippen LogP contribution in [0.3, 0.4) is 0 Å². The maximum Gasteiger partial charge on any atom is 0.172 e. The lowest BCUT2D eigenvalue weighted by atomic mass is 10.1. The summed E-state index contributed by atoms with van der Waals surface area (Å²) in [7, 11) is 0. The van der Waals surface area contributed by atoms with E-state index in [4.69, 9.17) is 4.74 Å². The molecule has 20 heavy (non-hydrogen) atoms. The van der Waals surface area contributed by atoms with E-state index >= 15 is 0 Å². The van der Waals surface area contributed by atoms with Gasteiger partial charge in [-0.2, -0.15) is 0 Å². The Kier molecular flexibility index (Phi) is 3.30. The van der Waals surface area contributed by atoms with Gasteiger partial charge < -0.3 is 10.1 Å². The lowest BCUT2D eigenvalue weighted by Gasteiger charge is -2.14. The van der Waals surface area contributed by atoms with Gasteiger partial charge in [0.15, 0.2) is 11.9 Å². The van der Waals surface area contributed by atoms with Gasteiger partial charge in [0, 0.05) is 24.2 Å². The van der Waals surface area contributed by atoms with Gasteiger partial charge in [0.25, 0.3) is 0 Å². The summed E-state index contributed by atoms with van der Waals surface area (Å²) in [6.45, 7) is 6.98. The van der Waals surface area contributed by atoms with Crippen molar-refractivity contribution in [3.05, 3.63) is 46.9 Å². The minimum absolute atomic E-state index is 0.0795. The molecule has 1 aliphatic rings. The van der Waals surface area contributed by atoms with E-state index in [0.29, 0.717) is 0 Å². The van der Waals surface area contributed by atoms with E-state index in [1.807, 2.05) is 32.0 Å². The SMILES string of the molecule is CCNc1nc(C2Cc3ccccc3O2)nc(C)c1C. The van der Waals surface area contributed by atoms with Crippen molar-refractivity contribution in [2.75, 3.05) is 11.9 Å². The Labute approximate surface area is 119 Å². The summed E-state index contributed by atoms with van der Waals surface area (Å²) in [5.41, 5.74) is 3.33. The number of fused-ring (bicyclic) bond motifs is 1. The molecular weight excluding hydrogens is 250 g/mol. The predicted molar refractivity (Wildman–Crippen MR) is 79.2 cm³/mol. The Balaban J connectivity index is 1.93. The van der Waals surface area contributed by atoms with Crippen molar-refractivity contribution in [2.24, 2.45) is 0 Å². The van der Waals surface area contributed by atoms with Crippen LogP contribution in [0.4, 0.5) is 5.82 Å². The summed E-state index contributed by atoms with van der Waals surface area (Å²) in [5, 5.41) is 3.29. The van der Waals surface area contributed by atoms with Gasteiger partial charge in [-0.3, -0.25) is 0 Å². The van der Waals surface area contributed by atoms with Gasteiger partial charge in [0.2, 0.25) is 0 Å². The minimum Gasteiger partial charge on any atom is -0.482 e. The van der Waals surface area contributed by atoms with E-state index in [-0.39, 0.29) is 6.10 Å².